The molecule has 7 heteroatoms. The molecule has 29 heavy (non-hydrogen) atoms. The number of allylic oxidation sites excluding steroid dienone is 1. The van der Waals surface area contributed by atoms with Crippen LogP contribution in [0.5, 0.6) is 11.5 Å². The molecule has 152 valence electrons. The van der Waals surface area contributed by atoms with Gasteiger partial charge in [0, 0.05) is 5.70 Å². The fraction of sp³-hybridized carbons (Fsp3) is 0.273. The number of thiocarbonyl (C=S) groups is 1. The molecule has 2 aromatic rings. The minimum atomic E-state index is -0.446. The maximum absolute atomic E-state index is 12.3. The number of ether oxygens (including phenoxy) is 3. The molecule has 2 aromatic carbocycles. The molecule has 6 nitrogen and oxygen atoms in total. The fourth-order valence-electron chi connectivity index (χ4n) is 3.15. The normalized spacial score (nSPS) is 16.0. The van der Waals surface area contributed by atoms with Crippen LogP contribution in [-0.4, -0.2) is 24.8 Å². The summed E-state index contributed by atoms with van der Waals surface area (Å²) < 4.78 is 16.7. The van der Waals surface area contributed by atoms with E-state index in [1.54, 1.807) is 6.92 Å². The summed E-state index contributed by atoms with van der Waals surface area (Å²) >= 11 is 5.28. The third kappa shape index (κ3) is 4.86. The number of carbonyl (C=O) groups is 1. The van der Waals surface area contributed by atoms with Crippen molar-refractivity contribution in [3.63, 3.8) is 0 Å². The molecule has 0 aliphatic carbocycles. The molecule has 0 aromatic heterocycles. The summed E-state index contributed by atoms with van der Waals surface area (Å²) in [6, 6.07) is 15.1. The summed E-state index contributed by atoms with van der Waals surface area (Å²) in [5, 5.41) is 6.56. The van der Waals surface area contributed by atoms with Crippen molar-refractivity contribution in [2.75, 3.05) is 13.7 Å². The first-order valence-electron chi connectivity index (χ1n) is 9.33. The minimum Gasteiger partial charge on any atom is -0.490 e. The van der Waals surface area contributed by atoms with Crippen LogP contribution < -0.4 is 20.1 Å². The lowest BCUT2D eigenvalue weighted by Gasteiger charge is -2.30. The molecule has 0 spiro atoms. The largest absolute Gasteiger partial charge is 0.490 e. The molecule has 2 N–H and O–H groups in total. The molecule has 1 aliphatic heterocycles. The van der Waals surface area contributed by atoms with Gasteiger partial charge in [0.25, 0.3) is 0 Å². The monoisotopic (exact) mass is 412 g/mol. The molecule has 1 atom stereocenters. The van der Waals surface area contributed by atoms with Crippen molar-refractivity contribution in [1.29, 1.82) is 0 Å². The van der Waals surface area contributed by atoms with E-state index in [2.05, 4.69) is 10.6 Å². The van der Waals surface area contributed by atoms with Gasteiger partial charge in [0.15, 0.2) is 16.6 Å². The topological polar surface area (TPSA) is 68.8 Å². The van der Waals surface area contributed by atoms with Crippen LogP contribution in [0.2, 0.25) is 0 Å². The third-order valence-corrected chi connectivity index (χ3v) is 4.73. The smallest absolute Gasteiger partial charge is 0.337 e. The van der Waals surface area contributed by atoms with E-state index in [0.29, 0.717) is 41.1 Å². The van der Waals surface area contributed by atoms with E-state index in [1.165, 1.54) is 7.11 Å². The SMILES string of the molecule is CCOc1cc([C@@H]2NC(=S)NC(C)=C2C(=O)OC)ccc1OCc1ccccc1. The number of hydrogen-bond donors (Lipinski definition) is 2. The first kappa shape index (κ1) is 20.7. The zero-order valence-corrected chi connectivity index (χ0v) is 17.5. The number of methoxy groups -OCH3 is 1. The number of carbonyl (C=O) groups excluding carboxylic acids is 1. The first-order valence-corrected chi connectivity index (χ1v) is 9.74. The summed E-state index contributed by atoms with van der Waals surface area (Å²) in [6.07, 6.45) is 0. The summed E-state index contributed by atoms with van der Waals surface area (Å²) in [5.41, 5.74) is 3.02. The fourth-order valence-corrected chi connectivity index (χ4v) is 3.42. The number of hydrogen-bond acceptors (Lipinski definition) is 5. The molecule has 0 saturated heterocycles. The first-order chi connectivity index (χ1) is 14.0. The second kappa shape index (κ2) is 9.43. The summed E-state index contributed by atoms with van der Waals surface area (Å²) in [7, 11) is 1.36. The maximum atomic E-state index is 12.3. The van der Waals surface area contributed by atoms with Crippen molar-refractivity contribution < 1.29 is 19.0 Å². The summed E-state index contributed by atoms with van der Waals surface area (Å²) in [4.78, 5) is 12.3. The van der Waals surface area contributed by atoms with Crippen molar-refractivity contribution in [1.82, 2.24) is 10.6 Å². The van der Waals surface area contributed by atoms with Gasteiger partial charge < -0.3 is 24.8 Å². The highest BCUT2D eigenvalue weighted by Crippen LogP contribution is 2.35. The van der Waals surface area contributed by atoms with Crippen LogP contribution >= 0.6 is 12.2 Å². The lowest BCUT2D eigenvalue weighted by Crippen LogP contribution is -2.45. The van der Waals surface area contributed by atoms with E-state index in [-0.39, 0.29) is 0 Å². The highest BCUT2D eigenvalue weighted by atomic mass is 32.1. The van der Waals surface area contributed by atoms with Crippen LogP contribution in [-0.2, 0) is 16.1 Å². The lowest BCUT2D eigenvalue weighted by atomic mass is 9.95. The molecular weight excluding hydrogens is 388 g/mol. The van der Waals surface area contributed by atoms with E-state index in [0.717, 1.165) is 11.1 Å². The molecule has 0 amide bonds. The van der Waals surface area contributed by atoms with Crippen molar-refractivity contribution in [2.24, 2.45) is 0 Å². The molecule has 0 unspecified atom stereocenters. The van der Waals surface area contributed by atoms with Gasteiger partial charge in [-0.2, -0.15) is 0 Å². The zero-order valence-electron chi connectivity index (χ0n) is 16.7. The Morgan fingerprint density at radius 3 is 2.55 bits per heavy atom. The molecule has 0 saturated carbocycles. The van der Waals surface area contributed by atoms with Gasteiger partial charge >= 0.3 is 5.97 Å². The minimum absolute atomic E-state index is 0.419. The Bertz CT molecular complexity index is 928. The quantitative estimate of drug-likeness (QED) is 0.532. The average molecular weight is 413 g/mol. The number of benzene rings is 2. The van der Waals surface area contributed by atoms with Crippen molar-refractivity contribution in [3.8, 4) is 11.5 Å². The second-order valence-corrected chi connectivity index (χ2v) is 6.88. The van der Waals surface area contributed by atoms with E-state index in [9.17, 15) is 4.79 Å². The van der Waals surface area contributed by atoms with Gasteiger partial charge in [0.1, 0.15) is 6.61 Å². The Labute approximate surface area is 175 Å². The van der Waals surface area contributed by atoms with Gasteiger partial charge in [-0.15, -0.1) is 0 Å². The van der Waals surface area contributed by atoms with E-state index >= 15 is 0 Å². The molecule has 1 aliphatic rings. The van der Waals surface area contributed by atoms with Gasteiger partial charge in [0.2, 0.25) is 0 Å². The molecule has 0 bridgehead atoms. The Morgan fingerprint density at radius 1 is 1.10 bits per heavy atom. The third-order valence-electron chi connectivity index (χ3n) is 4.51. The van der Waals surface area contributed by atoms with Crippen LogP contribution in [0.3, 0.4) is 0 Å². The molecule has 0 radical (unpaired) electrons. The van der Waals surface area contributed by atoms with Crippen LogP contribution in [0.15, 0.2) is 59.8 Å². The van der Waals surface area contributed by atoms with Gasteiger partial charge in [-0.05, 0) is 49.3 Å². The molecule has 3 rings (SSSR count). The predicted octanol–water partition coefficient (Wildman–Crippen LogP) is 3.63. The van der Waals surface area contributed by atoms with Gasteiger partial charge in [0.05, 0.1) is 25.3 Å². The van der Waals surface area contributed by atoms with Crippen LogP contribution in [0.4, 0.5) is 0 Å². The van der Waals surface area contributed by atoms with Gasteiger partial charge in [-0.1, -0.05) is 36.4 Å². The van der Waals surface area contributed by atoms with Gasteiger partial charge in [-0.25, -0.2) is 4.79 Å². The summed E-state index contributed by atoms with van der Waals surface area (Å²) in [5.74, 6) is 0.822. The highest BCUT2D eigenvalue weighted by Gasteiger charge is 2.31. The van der Waals surface area contributed by atoms with E-state index < -0.39 is 12.0 Å². The van der Waals surface area contributed by atoms with Crippen molar-refractivity contribution in [3.05, 3.63) is 70.9 Å². The summed E-state index contributed by atoms with van der Waals surface area (Å²) in [6.45, 7) is 4.63. The van der Waals surface area contributed by atoms with Crippen LogP contribution in [0.25, 0.3) is 0 Å². The van der Waals surface area contributed by atoms with E-state index in [4.69, 9.17) is 26.4 Å². The molecule has 0 fully saturated rings. The lowest BCUT2D eigenvalue weighted by molar-refractivity contribution is -0.136. The Morgan fingerprint density at radius 2 is 1.86 bits per heavy atom. The molecule has 1 heterocycles. The number of rotatable bonds is 7. The van der Waals surface area contributed by atoms with E-state index in [1.807, 2.05) is 55.5 Å². The van der Waals surface area contributed by atoms with Crippen molar-refractivity contribution in [2.45, 2.75) is 26.5 Å². The number of esters is 1. The number of nitrogens with one attached hydrogen (secondary N) is 2. The van der Waals surface area contributed by atoms with Crippen LogP contribution in [0, 0.1) is 0 Å². The molecular formula is C22H24N2O4S. The van der Waals surface area contributed by atoms with Gasteiger partial charge in [-0.3, -0.25) is 0 Å². The zero-order chi connectivity index (χ0) is 20.8. The standard InChI is InChI=1S/C22H24N2O4S/c1-4-27-18-12-16(10-11-17(18)28-13-15-8-6-5-7-9-15)20-19(21(25)26-3)14(2)23-22(29)24-20/h5-12,20H,4,13H2,1-3H3,(H2,23,24,29)/t20-/m0/s1. The Kier molecular flexibility index (Phi) is 6.72. The predicted molar refractivity (Wildman–Crippen MR) is 115 cm³/mol. The maximum Gasteiger partial charge on any atom is 0.337 e. The Hall–Kier alpha value is -3.06. The second-order valence-electron chi connectivity index (χ2n) is 6.48. The van der Waals surface area contributed by atoms with Crippen LogP contribution in [0.1, 0.15) is 31.0 Å². The average Bonchev–Trinajstić information content (AvgIpc) is 2.72. The van der Waals surface area contributed by atoms with Crippen molar-refractivity contribution >= 4 is 23.3 Å². The highest BCUT2D eigenvalue weighted by molar-refractivity contribution is 7.80. The Balaban J connectivity index is 1.91.